The topological polar surface area (TPSA) is 155 Å². The third-order valence-electron chi connectivity index (χ3n) is 4.83. The average Bonchev–Trinajstić information content (AvgIpc) is 3.43. The number of nitrogens with zero attached hydrogens (tertiary/aromatic N) is 7. The van der Waals surface area contributed by atoms with Crippen molar-refractivity contribution in [2.75, 3.05) is 10.6 Å². The third kappa shape index (κ3) is 4.60. The van der Waals surface area contributed by atoms with Gasteiger partial charge in [-0.1, -0.05) is 6.92 Å². The molecule has 0 aromatic carbocycles. The molecule has 3 heterocycles. The number of anilines is 2. The van der Waals surface area contributed by atoms with Crippen molar-refractivity contribution in [3.05, 3.63) is 46.3 Å². The van der Waals surface area contributed by atoms with E-state index in [1.165, 1.54) is 21.8 Å². The molecular weight excluding hydrogens is 406 g/mol. The normalized spacial score (nSPS) is 11.9. The van der Waals surface area contributed by atoms with Crippen LogP contribution in [0.4, 0.5) is 17.1 Å². The highest BCUT2D eigenvalue weighted by Gasteiger charge is 2.23. The molecular formula is C18H23N9O4. The highest BCUT2D eigenvalue weighted by atomic mass is 16.6. The number of hydrogen-bond donors (Lipinski definition) is 2. The van der Waals surface area contributed by atoms with Gasteiger partial charge in [-0.2, -0.15) is 15.3 Å². The standard InChI is InChI=1S/C18H23N9O4/c1-5-26-16(18(29)22-14-7-19-24(4)12(14)3)15(8-21-26)23-17(28)11(2)9-25-10-13(6-20-25)27(30)31/h6-8,10-11H,5,9H2,1-4H3,(H,22,29)(H,23,28). The van der Waals surface area contributed by atoms with E-state index in [0.29, 0.717) is 12.2 Å². The molecule has 0 aliphatic rings. The van der Waals surface area contributed by atoms with Gasteiger partial charge < -0.3 is 10.6 Å². The molecule has 2 N–H and O–H groups in total. The van der Waals surface area contributed by atoms with Gasteiger partial charge in [-0.3, -0.25) is 33.7 Å². The van der Waals surface area contributed by atoms with Gasteiger partial charge in [-0.15, -0.1) is 0 Å². The summed E-state index contributed by atoms with van der Waals surface area (Å²) in [7, 11) is 1.77. The summed E-state index contributed by atoms with van der Waals surface area (Å²) in [6.07, 6.45) is 5.34. The lowest BCUT2D eigenvalue weighted by atomic mass is 10.1. The summed E-state index contributed by atoms with van der Waals surface area (Å²) in [4.78, 5) is 35.8. The van der Waals surface area contributed by atoms with Crippen LogP contribution in [0.1, 0.15) is 30.0 Å². The predicted octanol–water partition coefficient (Wildman–Crippen LogP) is 1.58. The van der Waals surface area contributed by atoms with E-state index >= 15 is 0 Å². The lowest BCUT2D eigenvalue weighted by Gasteiger charge is -2.13. The Morgan fingerprint density at radius 3 is 2.45 bits per heavy atom. The number of aromatic nitrogens is 6. The van der Waals surface area contributed by atoms with Crippen molar-refractivity contribution in [1.29, 1.82) is 0 Å². The maximum atomic E-state index is 12.9. The Balaban J connectivity index is 1.74. The molecule has 0 saturated heterocycles. The van der Waals surface area contributed by atoms with E-state index in [-0.39, 0.29) is 29.5 Å². The first kappa shape index (κ1) is 21.7. The van der Waals surface area contributed by atoms with Gasteiger partial charge in [-0.05, 0) is 13.8 Å². The first-order valence-electron chi connectivity index (χ1n) is 9.54. The molecule has 0 aliphatic carbocycles. The Labute approximate surface area is 177 Å². The van der Waals surface area contributed by atoms with Gasteiger partial charge in [0.15, 0.2) is 0 Å². The number of aryl methyl sites for hydroxylation is 2. The van der Waals surface area contributed by atoms with Gasteiger partial charge in [0.2, 0.25) is 5.91 Å². The van der Waals surface area contributed by atoms with Crippen LogP contribution in [0.15, 0.2) is 24.8 Å². The second-order valence-corrected chi connectivity index (χ2v) is 7.01. The zero-order valence-electron chi connectivity index (χ0n) is 17.6. The molecule has 2 amide bonds. The van der Waals surface area contributed by atoms with Crippen molar-refractivity contribution < 1.29 is 14.5 Å². The molecule has 1 atom stereocenters. The minimum absolute atomic E-state index is 0.137. The van der Waals surface area contributed by atoms with E-state index in [0.717, 1.165) is 11.9 Å². The maximum Gasteiger partial charge on any atom is 0.306 e. The molecule has 0 aliphatic heterocycles. The summed E-state index contributed by atoms with van der Waals surface area (Å²) in [6, 6.07) is 0. The Hall–Kier alpha value is -4.03. The molecule has 0 bridgehead atoms. The summed E-state index contributed by atoms with van der Waals surface area (Å²) < 4.78 is 4.45. The van der Waals surface area contributed by atoms with E-state index in [2.05, 4.69) is 25.9 Å². The summed E-state index contributed by atoms with van der Waals surface area (Å²) in [5.41, 5.74) is 1.66. The molecule has 31 heavy (non-hydrogen) atoms. The maximum absolute atomic E-state index is 12.9. The van der Waals surface area contributed by atoms with Crippen LogP contribution in [0, 0.1) is 23.0 Å². The average molecular weight is 429 g/mol. The number of carbonyl (C=O) groups excluding carboxylic acids is 2. The number of nitrogens with one attached hydrogen (secondary N) is 2. The van der Waals surface area contributed by atoms with E-state index < -0.39 is 16.7 Å². The number of nitro groups is 1. The minimum Gasteiger partial charge on any atom is -0.322 e. The van der Waals surface area contributed by atoms with Crippen LogP contribution in [-0.4, -0.2) is 46.1 Å². The Bertz CT molecular complexity index is 1130. The van der Waals surface area contributed by atoms with Crippen LogP contribution in [0.25, 0.3) is 0 Å². The SMILES string of the molecule is CCn1ncc(NC(=O)C(C)Cn2cc([N+](=O)[O-])cn2)c1C(=O)Nc1cnn(C)c1C. The van der Waals surface area contributed by atoms with Gasteiger partial charge in [-0.25, -0.2) is 0 Å². The monoisotopic (exact) mass is 429 g/mol. The Kier molecular flexibility index (Phi) is 6.13. The van der Waals surface area contributed by atoms with Gasteiger partial charge in [0, 0.05) is 13.6 Å². The number of amides is 2. The highest BCUT2D eigenvalue weighted by Crippen LogP contribution is 2.20. The summed E-state index contributed by atoms with van der Waals surface area (Å²) in [6.45, 7) is 5.88. The first-order chi connectivity index (χ1) is 14.7. The lowest BCUT2D eigenvalue weighted by Crippen LogP contribution is -2.26. The molecule has 164 valence electrons. The first-order valence-corrected chi connectivity index (χ1v) is 9.54. The molecule has 1 unspecified atom stereocenters. The van der Waals surface area contributed by atoms with Crippen molar-refractivity contribution in [2.45, 2.75) is 33.9 Å². The molecule has 0 radical (unpaired) electrons. The smallest absolute Gasteiger partial charge is 0.306 e. The second kappa shape index (κ2) is 8.77. The van der Waals surface area contributed by atoms with Crippen molar-refractivity contribution in [1.82, 2.24) is 29.3 Å². The molecule has 0 spiro atoms. The quantitative estimate of drug-likeness (QED) is 0.407. The van der Waals surface area contributed by atoms with Crippen molar-refractivity contribution in [3.63, 3.8) is 0 Å². The number of hydrogen-bond acceptors (Lipinski definition) is 7. The van der Waals surface area contributed by atoms with Crippen molar-refractivity contribution in [2.24, 2.45) is 13.0 Å². The van der Waals surface area contributed by atoms with E-state index in [4.69, 9.17) is 0 Å². The molecule has 13 heteroatoms. The molecule has 0 fully saturated rings. The van der Waals surface area contributed by atoms with Gasteiger partial charge in [0.1, 0.15) is 18.1 Å². The summed E-state index contributed by atoms with van der Waals surface area (Å²) >= 11 is 0. The van der Waals surface area contributed by atoms with E-state index in [9.17, 15) is 19.7 Å². The van der Waals surface area contributed by atoms with Crippen molar-refractivity contribution >= 4 is 28.9 Å². The van der Waals surface area contributed by atoms with Crippen LogP contribution < -0.4 is 10.6 Å². The highest BCUT2D eigenvalue weighted by molar-refractivity contribution is 6.09. The summed E-state index contributed by atoms with van der Waals surface area (Å²) in [5.74, 6) is -1.37. The fraction of sp³-hybridized carbons (Fsp3) is 0.389. The molecule has 3 rings (SSSR count). The van der Waals surface area contributed by atoms with Crippen LogP contribution in [0.2, 0.25) is 0 Å². The van der Waals surface area contributed by atoms with Crippen LogP contribution in [0.3, 0.4) is 0 Å². The predicted molar refractivity (Wildman–Crippen MR) is 110 cm³/mol. The minimum atomic E-state index is -0.569. The zero-order valence-corrected chi connectivity index (χ0v) is 17.6. The Morgan fingerprint density at radius 2 is 1.87 bits per heavy atom. The van der Waals surface area contributed by atoms with Crippen LogP contribution in [-0.2, 0) is 24.9 Å². The summed E-state index contributed by atoms with van der Waals surface area (Å²) in [5, 5.41) is 28.5. The molecule has 0 saturated carbocycles. The number of carbonyl (C=O) groups is 2. The number of rotatable bonds is 8. The van der Waals surface area contributed by atoms with Crippen LogP contribution >= 0.6 is 0 Å². The lowest BCUT2D eigenvalue weighted by molar-refractivity contribution is -0.385. The van der Waals surface area contributed by atoms with E-state index in [1.807, 2.05) is 13.8 Å². The fourth-order valence-corrected chi connectivity index (χ4v) is 2.93. The molecule has 3 aromatic rings. The van der Waals surface area contributed by atoms with Crippen molar-refractivity contribution in [3.8, 4) is 0 Å². The van der Waals surface area contributed by atoms with E-state index in [1.54, 1.807) is 24.9 Å². The largest absolute Gasteiger partial charge is 0.322 e. The molecule has 3 aromatic heterocycles. The van der Waals surface area contributed by atoms with Crippen LogP contribution in [0.5, 0.6) is 0 Å². The van der Waals surface area contributed by atoms with Gasteiger partial charge in [0.25, 0.3) is 5.91 Å². The second-order valence-electron chi connectivity index (χ2n) is 7.01. The molecule has 13 nitrogen and oxygen atoms in total. The zero-order chi connectivity index (χ0) is 22.7. The van der Waals surface area contributed by atoms with Gasteiger partial charge >= 0.3 is 5.69 Å². The third-order valence-corrected chi connectivity index (χ3v) is 4.83. The fourth-order valence-electron chi connectivity index (χ4n) is 2.93. The Morgan fingerprint density at radius 1 is 1.16 bits per heavy atom. The van der Waals surface area contributed by atoms with Gasteiger partial charge in [0.05, 0.1) is 46.8 Å².